The highest BCUT2D eigenvalue weighted by Crippen LogP contribution is 2.43. The molecule has 0 fully saturated rings. The van der Waals surface area contributed by atoms with Gasteiger partial charge < -0.3 is 5.73 Å². The predicted molar refractivity (Wildman–Crippen MR) is 78.2 cm³/mol. The fraction of sp³-hybridized carbons (Fsp3) is 0.438. The zero-order valence-electron chi connectivity index (χ0n) is 11.9. The van der Waals surface area contributed by atoms with Crippen LogP contribution in [0.3, 0.4) is 0 Å². The lowest BCUT2D eigenvalue weighted by Crippen LogP contribution is -2.29. The van der Waals surface area contributed by atoms with Crippen LogP contribution in [0.25, 0.3) is 0 Å². The summed E-state index contributed by atoms with van der Waals surface area (Å²) in [4.78, 5) is 0. The minimum absolute atomic E-state index is 0.240. The highest BCUT2D eigenvalue weighted by Gasteiger charge is 2.33. The predicted octanol–water partition coefficient (Wildman–Crippen LogP) is 3.43. The molecule has 1 atom stereocenters. The number of benzene rings is 1. The van der Waals surface area contributed by atoms with Crippen molar-refractivity contribution in [2.75, 3.05) is 5.73 Å². The largest absolute Gasteiger partial charge is 0.384 e. The first-order chi connectivity index (χ1) is 8.99. The Morgan fingerprint density at radius 1 is 1.32 bits per heavy atom. The second-order valence-corrected chi connectivity index (χ2v) is 6.18. The number of hydrogen-bond acceptors (Lipinski definition) is 2. The summed E-state index contributed by atoms with van der Waals surface area (Å²) in [6.07, 6.45) is 2.25. The third kappa shape index (κ3) is 1.93. The van der Waals surface area contributed by atoms with Gasteiger partial charge in [0.1, 0.15) is 5.82 Å². The maximum atomic E-state index is 6.10. The van der Waals surface area contributed by atoms with Gasteiger partial charge >= 0.3 is 0 Å². The van der Waals surface area contributed by atoms with Gasteiger partial charge in [-0.25, -0.2) is 4.68 Å². The summed E-state index contributed by atoms with van der Waals surface area (Å²) in [6, 6.07) is 10.9. The van der Waals surface area contributed by atoms with E-state index in [9.17, 15) is 0 Å². The normalized spacial score (nSPS) is 21.1. The topological polar surface area (TPSA) is 43.8 Å². The van der Waals surface area contributed by atoms with Gasteiger partial charge in [-0.05, 0) is 36.3 Å². The van der Waals surface area contributed by atoms with E-state index in [0.717, 1.165) is 24.4 Å². The molecule has 2 N–H and O–H groups in total. The second-order valence-electron chi connectivity index (χ2n) is 6.18. The Balaban J connectivity index is 2.13. The monoisotopic (exact) mass is 255 g/mol. The molecule has 3 nitrogen and oxygen atoms in total. The quantitative estimate of drug-likeness (QED) is 0.848. The minimum atomic E-state index is 0.240. The SMILES string of the molecule is Cc1cc(N)n(C2CCC(C)(C)c3ccccc32)n1. The fourth-order valence-corrected chi connectivity index (χ4v) is 3.23. The number of nitrogens with two attached hydrogens (primary N) is 1. The van der Waals surface area contributed by atoms with Crippen molar-refractivity contribution < 1.29 is 0 Å². The van der Waals surface area contributed by atoms with Crippen LogP contribution < -0.4 is 5.73 Å². The standard InChI is InChI=1S/C16H21N3/c1-11-10-15(17)19(18-11)14-8-9-16(2,3)13-7-5-4-6-12(13)14/h4-7,10,14H,8-9,17H2,1-3H3. The molecule has 1 aromatic heterocycles. The highest BCUT2D eigenvalue weighted by molar-refractivity contribution is 5.41. The number of aryl methyl sites for hydroxylation is 1. The van der Waals surface area contributed by atoms with Crippen LogP contribution in [0.1, 0.15) is 49.6 Å². The van der Waals surface area contributed by atoms with E-state index in [-0.39, 0.29) is 11.5 Å². The van der Waals surface area contributed by atoms with E-state index >= 15 is 0 Å². The molecule has 1 aliphatic rings. The van der Waals surface area contributed by atoms with Gasteiger partial charge in [0.15, 0.2) is 0 Å². The molecule has 3 heteroatoms. The molecule has 1 heterocycles. The van der Waals surface area contributed by atoms with Crippen molar-refractivity contribution in [3.05, 3.63) is 47.2 Å². The molecule has 0 saturated heterocycles. The molecule has 3 rings (SSSR count). The zero-order valence-corrected chi connectivity index (χ0v) is 11.9. The summed E-state index contributed by atoms with van der Waals surface area (Å²) >= 11 is 0. The molecular weight excluding hydrogens is 234 g/mol. The van der Waals surface area contributed by atoms with E-state index in [2.05, 4.69) is 43.2 Å². The smallest absolute Gasteiger partial charge is 0.122 e. The lowest BCUT2D eigenvalue weighted by atomic mass is 9.71. The number of rotatable bonds is 1. The number of aromatic nitrogens is 2. The van der Waals surface area contributed by atoms with Gasteiger partial charge in [0, 0.05) is 6.07 Å². The van der Waals surface area contributed by atoms with Gasteiger partial charge in [0.05, 0.1) is 11.7 Å². The van der Waals surface area contributed by atoms with Crippen LogP contribution in [0.15, 0.2) is 30.3 Å². The first-order valence-corrected chi connectivity index (χ1v) is 6.90. The lowest BCUT2D eigenvalue weighted by molar-refractivity contribution is 0.355. The molecule has 0 bridgehead atoms. The van der Waals surface area contributed by atoms with E-state index in [1.165, 1.54) is 11.1 Å². The van der Waals surface area contributed by atoms with Gasteiger partial charge in [-0.3, -0.25) is 0 Å². The Labute approximate surface area is 114 Å². The van der Waals surface area contributed by atoms with Crippen LogP contribution in [0.5, 0.6) is 0 Å². The van der Waals surface area contributed by atoms with E-state index in [4.69, 9.17) is 5.73 Å². The van der Waals surface area contributed by atoms with Crippen LogP contribution in [0.2, 0.25) is 0 Å². The van der Waals surface area contributed by atoms with E-state index in [1.54, 1.807) is 0 Å². The molecule has 2 aromatic rings. The molecule has 0 amide bonds. The molecule has 1 aliphatic carbocycles. The first kappa shape index (κ1) is 12.3. The zero-order chi connectivity index (χ0) is 13.6. The molecular formula is C16H21N3. The number of anilines is 1. The second kappa shape index (κ2) is 4.12. The third-order valence-electron chi connectivity index (χ3n) is 4.27. The van der Waals surface area contributed by atoms with Crippen LogP contribution in [0.4, 0.5) is 5.82 Å². The Bertz CT molecular complexity index is 610. The van der Waals surface area contributed by atoms with Crippen molar-refractivity contribution in [3.8, 4) is 0 Å². The molecule has 1 aromatic carbocycles. The van der Waals surface area contributed by atoms with Crippen LogP contribution in [0, 0.1) is 6.92 Å². The maximum absolute atomic E-state index is 6.10. The van der Waals surface area contributed by atoms with Crippen molar-refractivity contribution in [3.63, 3.8) is 0 Å². The Hall–Kier alpha value is -1.77. The molecule has 0 spiro atoms. The summed E-state index contributed by atoms with van der Waals surface area (Å²) in [5.74, 6) is 0.761. The summed E-state index contributed by atoms with van der Waals surface area (Å²) in [6.45, 7) is 6.63. The number of fused-ring (bicyclic) bond motifs is 1. The third-order valence-corrected chi connectivity index (χ3v) is 4.27. The van der Waals surface area contributed by atoms with Crippen LogP contribution >= 0.6 is 0 Å². The molecule has 0 radical (unpaired) electrons. The van der Waals surface area contributed by atoms with Gasteiger partial charge in [0.2, 0.25) is 0 Å². The van der Waals surface area contributed by atoms with Gasteiger partial charge in [0.25, 0.3) is 0 Å². The van der Waals surface area contributed by atoms with E-state index < -0.39 is 0 Å². The molecule has 0 aliphatic heterocycles. The van der Waals surface area contributed by atoms with Crippen molar-refractivity contribution >= 4 is 5.82 Å². The first-order valence-electron chi connectivity index (χ1n) is 6.90. The van der Waals surface area contributed by atoms with E-state index in [0.29, 0.717) is 0 Å². The van der Waals surface area contributed by atoms with Gasteiger partial charge in [-0.2, -0.15) is 5.10 Å². The van der Waals surface area contributed by atoms with Crippen LogP contribution in [-0.2, 0) is 5.41 Å². The van der Waals surface area contributed by atoms with Crippen molar-refractivity contribution in [2.45, 2.75) is 45.1 Å². The van der Waals surface area contributed by atoms with Crippen molar-refractivity contribution in [1.29, 1.82) is 0 Å². The average molecular weight is 255 g/mol. The average Bonchev–Trinajstić information content (AvgIpc) is 2.69. The maximum Gasteiger partial charge on any atom is 0.122 e. The Morgan fingerprint density at radius 2 is 2.05 bits per heavy atom. The molecule has 1 unspecified atom stereocenters. The number of nitrogens with zero attached hydrogens (tertiary/aromatic N) is 2. The van der Waals surface area contributed by atoms with Crippen LogP contribution in [-0.4, -0.2) is 9.78 Å². The van der Waals surface area contributed by atoms with Gasteiger partial charge in [-0.1, -0.05) is 38.1 Å². The minimum Gasteiger partial charge on any atom is -0.384 e. The lowest BCUT2D eigenvalue weighted by Gasteiger charge is -2.37. The Kier molecular flexibility index (Phi) is 2.66. The van der Waals surface area contributed by atoms with Crippen molar-refractivity contribution in [1.82, 2.24) is 9.78 Å². The van der Waals surface area contributed by atoms with E-state index in [1.807, 2.05) is 17.7 Å². The highest BCUT2D eigenvalue weighted by atomic mass is 15.3. The summed E-state index contributed by atoms with van der Waals surface area (Å²) in [5.41, 5.74) is 10.1. The molecule has 19 heavy (non-hydrogen) atoms. The summed E-state index contributed by atoms with van der Waals surface area (Å²) in [7, 11) is 0. The van der Waals surface area contributed by atoms with Crippen molar-refractivity contribution in [2.24, 2.45) is 0 Å². The molecule has 0 saturated carbocycles. The Morgan fingerprint density at radius 3 is 2.74 bits per heavy atom. The number of hydrogen-bond donors (Lipinski definition) is 1. The molecule has 100 valence electrons. The summed E-state index contributed by atoms with van der Waals surface area (Å²) < 4.78 is 1.99. The van der Waals surface area contributed by atoms with Gasteiger partial charge in [-0.15, -0.1) is 0 Å². The fourth-order valence-electron chi connectivity index (χ4n) is 3.23. The summed E-state index contributed by atoms with van der Waals surface area (Å²) in [5, 5.41) is 4.57. The number of nitrogen functional groups attached to an aromatic ring is 1.